The van der Waals surface area contributed by atoms with Crippen molar-refractivity contribution in [2.24, 2.45) is 5.10 Å². The summed E-state index contributed by atoms with van der Waals surface area (Å²) in [6.07, 6.45) is 7.13. The van der Waals surface area contributed by atoms with Crippen LogP contribution in [0.25, 0.3) is 0 Å². The lowest BCUT2D eigenvalue weighted by Crippen LogP contribution is -2.30. The van der Waals surface area contributed by atoms with E-state index in [1.54, 1.807) is 6.07 Å². The minimum atomic E-state index is -0.419. The van der Waals surface area contributed by atoms with E-state index < -0.39 is 4.92 Å². The number of nitrogens with zero attached hydrogens (tertiary/aromatic N) is 3. The summed E-state index contributed by atoms with van der Waals surface area (Å²) in [5.41, 5.74) is 4.09. The molecule has 0 spiro atoms. The van der Waals surface area contributed by atoms with Crippen LogP contribution in [0.1, 0.15) is 51.0 Å². The molecule has 0 aliphatic carbocycles. The van der Waals surface area contributed by atoms with Crippen molar-refractivity contribution in [3.63, 3.8) is 0 Å². The number of anilines is 1. The SMILES string of the molecule is CCCCC(=O)NN=Cc1cc([N+](=O)[O-])ccc1N1CCCCC1. The third kappa shape index (κ3) is 5.04. The Labute approximate surface area is 141 Å². The van der Waals surface area contributed by atoms with E-state index in [4.69, 9.17) is 0 Å². The number of piperidine rings is 1. The molecule has 0 bridgehead atoms. The van der Waals surface area contributed by atoms with Gasteiger partial charge in [0.05, 0.1) is 11.1 Å². The maximum absolute atomic E-state index is 11.6. The number of benzene rings is 1. The molecule has 7 heteroatoms. The zero-order chi connectivity index (χ0) is 17.4. The Balaban J connectivity index is 2.16. The zero-order valence-electron chi connectivity index (χ0n) is 14.0. The summed E-state index contributed by atoms with van der Waals surface area (Å²) in [7, 11) is 0. The second kappa shape index (κ2) is 9.00. The molecule has 1 N–H and O–H groups in total. The molecule has 7 nitrogen and oxygen atoms in total. The van der Waals surface area contributed by atoms with Crippen LogP contribution in [-0.4, -0.2) is 30.1 Å². The third-order valence-corrected chi connectivity index (χ3v) is 4.07. The number of hydrogen-bond donors (Lipinski definition) is 1. The fourth-order valence-electron chi connectivity index (χ4n) is 2.75. The van der Waals surface area contributed by atoms with Gasteiger partial charge in [0, 0.05) is 42.9 Å². The van der Waals surface area contributed by atoms with Gasteiger partial charge in [0.1, 0.15) is 0 Å². The van der Waals surface area contributed by atoms with Crippen LogP contribution in [0.4, 0.5) is 11.4 Å². The molecular formula is C17H24N4O3. The maximum Gasteiger partial charge on any atom is 0.270 e. The van der Waals surface area contributed by atoms with E-state index in [0.29, 0.717) is 12.0 Å². The first-order valence-electron chi connectivity index (χ1n) is 8.47. The van der Waals surface area contributed by atoms with Crippen LogP contribution in [0.3, 0.4) is 0 Å². The van der Waals surface area contributed by atoms with Crippen LogP contribution >= 0.6 is 0 Å². The molecule has 2 rings (SSSR count). The number of nitro benzene ring substituents is 1. The predicted octanol–water partition coefficient (Wildman–Crippen LogP) is 3.23. The lowest BCUT2D eigenvalue weighted by molar-refractivity contribution is -0.384. The van der Waals surface area contributed by atoms with Crippen molar-refractivity contribution >= 4 is 23.5 Å². The Kier molecular flexibility index (Phi) is 6.72. The average Bonchev–Trinajstić information content (AvgIpc) is 2.60. The van der Waals surface area contributed by atoms with Crippen molar-refractivity contribution in [1.82, 2.24) is 5.43 Å². The zero-order valence-corrected chi connectivity index (χ0v) is 14.0. The van der Waals surface area contributed by atoms with Gasteiger partial charge in [-0.05, 0) is 31.7 Å². The molecule has 1 aromatic rings. The number of non-ortho nitro benzene ring substituents is 1. The first kappa shape index (κ1) is 17.9. The molecule has 0 aromatic heterocycles. The molecule has 0 saturated carbocycles. The number of hydrogen-bond acceptors (Lipinski definition) is 5. The van der Waals surface area contributed by atoms with Crippen molar-refractivity contribution in [3.8, 4) is 0 Å². The van der Waals surface area contributed by atoms with E-state index in [1.807, 2.05) is 6.92 Å². The van der Waals surface area contributed by atoms with Crippen LogP contribution in [0.5, 0.6) is 0 Å². The highest BCUT2D eigenvalue weighted by molar-refractivity contribution is 5.90. The van der Waals surface area contributed by atoms with E-state index in [-0.39, 0.29) is 11.6 Å². The molecule has 1 aliphatic heterocycles. The fraction of sp³-hybridized carbons (Fsp3) is 0.529. The largest absolute Gasteiger partial charge is 0.371 e. The lowest BCUT2D eigenvalue weighted by atomic mass is 10.1. The number of carbonyl (C=O) groups excluding carboxylic acids is 1. The van der Waals surface area contributed by atoms with Crippen LogP contribution in [0, 0.1) is 10.1 Å². The second-order valence-electron chi connectivity index (χ2n) is 5.94. The Morgan fingerprint density at radius 1 is 1.38 bits per heavy atom. The molecule has 0 unspecified atom stereocenters. The van der Waals surface area contributed by atoms with Gasteiger partial charge in [0.15, 0.2) is 0 Å². The first-order valence-corrected chi connectivity index (χ1v) is 8.47. The molecule has 1 fully saturated rings. The van der Waals surface area contributed by atoms with Crippen molar-refractivity contribution in [3.05, 3.63) is 33.9 Å². The molecule has 1 aromatic carbocycles. The number of nitrogens with one attached hydrogen (secondary N) is 1. The van der Waals surface area contributed by atoms with Gasteiger partial charge in [-0.1, -0.05) is 13.3 Å². The van der Waals surface area contributed by atoms with Gasteiger partial charge in [-0.2, -0.15) is 5.10 Å². The molecule has 24 heavy (non-hydrogen) atoms. The topological polar surface area (TPSA) is 87.8 Å². The predicted molar refractivity (Wildman–Crippen MR) is 94.4 cm³/mol. The lowest BCUT2D eigenvalue weighted by Gasteiger charge is -2.29. The highest BCUT2D eigenvalue weighted by atomic mass is 16.6. The van der Waals surface area contributed by atoms with Gasteiger partial charge in [0.2, 0.25) is 5.91 Å². The molecule has 130 valence electrons. The standard InChI is InChI=1S/C17H24N4O3/c1-2-3-7-17(22)19-18-13-14-12-15(21(23)24)8-9-16(14)20-10-5-4-6-11-20/h8-9,12-13H,2-7,10-11H2,1H3,(H,19,22). The van der Waals surface area contributed by atoms with Crippen molar-refractivity contribution < 1.29 is 9.72 Å². The van der Waals surface area contributed by atoms with E-state index in [1.165, 1.54) is 24.8 Å². The quantitative estimate of drug-likeness (QED) is 0.472. The summed E-state index contributed by atoms with van der Waals surface area (Å²) in [6, 6.07) is 4.79. The van der Waals surface area contributed by atoms with Crippen molar-refractivity contribution in [2.75, 3.05) is 18.0 Å². The molecule has 1 heterocycles. The molecule has 0 radical (unpaired) electrons. The second-order valence-corrected chi connectivity index (χ2v) is 5.94. The first-order chi connectivity index (χ1) is 11.6. The Morgan fingerprint density at radius 2 is 2.12 bits per heavy atom. The van der Waals surface area contributed by atoms with E-state index in [0.717, 1.165) is 44.5 Å². The van der Waals surface area contributed by atoms with Crippen LogP contribution in [-0.2, 0) is 4.79 Å². The summed E-state index contributed by atoms with van der Waals surface area (Å²) in [5.74, 6) is -0.141. The highest BCUT2D eigenvalue weighted by Gasteiger charge is 2.17. The maximum atomic E-state index is 11.6. The molecule has 1 aliphatic rings. The van der Waals surface area contributed by atoms with Crippen LogP contribution in [0.2, 0.25) is 0 Å². The highest BCUT2D eigenvalue weighted by Crippen LogP contribution is 2.26. The van der Waals surface area contributed by atoms with Gasteiger partial charge in [-0.15, -0.1) is 0 Å². The fourth-order valence-corrected chi connectivity index (χ4v) is 2.75. The Bertz CT molecular complexity index is 610. The summed E-state index contributed by atoms with van der Waals surface area (Å²) in [4.78, 5) is 24.4. The monoisotopic (exact) mass is 332 g/mol. The third-order valence-electron chi connectivity index (χ3n) is 4.07. The number of unbranched alkanes of at least 4 members (excludes halogenated alkanes) is 1. The Morgan fingerprint density at radius 3 is 2.79 bits per heavy atom. The van der Waals surface area contributed by atoms with E-state index in [2.05, 4.69) is 15.4 Å². The summed E-state index contributed by atoms with van der Waals surface area (Å²) < 4.78 is 0. The van der Waals surface area contributed by atoms with Gasteiger partial charge in [0.25, 0.3) is 5.69 Å². The number of carbonyl (C=O) groups is 1. The number of amides is 1. The average molecular weight is 332 g/mol. The Hall–Kier alpha value is -2.44. The smallest absolute Gasteiger partial charge is 0.270 e. The van der Waals surface area contributed by atoms with Gasteiger partial charge in [-0.3, -0.25) is 14.9 Å². The van der Waals surface area contributed by atoms with Gasteiger partial charge in [-0.25, -0.2) is 5.43 Å². The molecule has 1 saturated heterocycles. The van der Waals surface area contributed by atoms with E-state index in [9.17, 15) is 14.9 Å². The molecule has 1 amide bonds. The summed E-state index contributed by atoms with van der Waals surface area (Å²) >= 11 is 0. The number of rotatable bonds is 7. The summed E-state index contributed by atoms with van der Waals surface area (Å²) in [5, 5.41) is 15.0. The minimum absolute atomic E-state index is 0.0227. The number of hydrazone groups is 1. The summed E-state index contributed by atoms with van der Waals surface area (Å²) in [6.45, 7) is 3.88. The van der Waals surface area contributed by atoms with Crippen LogP contribution < -0.4 is 10.3 Å². The van der Waals surface area contributed by atoms with Gasteiger partial charge < -0.3 is 4.90 Å². The van der Waals surface area contributed by atoms with Crippen molar-refractivity contribution in [1.29, 1.82) is 0 Å². The molecular weight excluding hydrogens is 308 g/mol. The van der Waals surface area contributed by atoms with E-state index >= 15 is 0 Å². The molecule has 0 atom stereocenters. The number of nitro groups is 1. The van der Waals surface area contributed by atoms with Crippen LogP contribution in [0.15, 0.2) is 23.3 Å². The minimum Gasteiger partial charge on any atom is -0.371 e. The van der Waals surface area contributed by atoms with Gasteiger partial charge >= 0.3 is 0 Å². The van der Waals surface area contributed by atoms with Crippen molar-refractivity contribution in [2.45, 2.75) is 45.4 Å². The normalized spacial score (nSPS) is 14.8.